The fraction of sp³-hybridized carbons (Fsp3) is 0.444. The van der Waals surface area contributed by atoms with E-state index in [0.29, 0.717) is 35.7 Å². The van der Waals surface area contributed by atoms with Gasteiger partial charge in [0.05, 0.1) is 24.6 Å². The van der Waals surface area contributed by atoms with Crippen LogP contribution in [0, 0.1) is 5.92 Å². The number of nitrogens with one attached hydrogen (secondary N) is 2. The molecule has 1 unspecified atom stereocenters. The third-order valence-electron chi connectivity index (χ3n) is 6.60. The number of ketones is 1. The van der Waals surface area contributed by atoms with E-state index >= 15 is 0 Å². The highest BCUT2D eigenvalue weighted by molar-refractivity contribution is 7.89. The number of sulfonamides is 1. The Kier molecular flexibility index (Phi) is 8.76. The van der Waals surface area contributed by atoms with Crippen molar-refractivity contribution >= 4 is 27.6 Å². The molecule has 0 saturated carbocycles. The van der Waals surface area contributed by atoms with Crippen LogP contribution in [0.4, 0.5) is 0 Å². The first-order valence-electron chi connectivity index (χ1n) is 12.8. The molecule has 0 bridgehead atoms. The largest absolute Gasteiger partial charge is 0.497 e. The van der Waals surface area contributed by atoms with E-state index in [4.69, 9.17) is 14.2 Å². The molecule has 2 aliphatic rings. The maximum atomic E-state index is 13.3. The summed E-state index contributed by atoms with van der Waals surface area (Å²) in [6.07, 6.45) is 1.01. The number of fused-ring (bicyclic) bond motifs is 1. The highest BCUT2D eigenvalue weighted by Crippen LogP contribution is 2.32. The molecule has 0 aliphatic carbocycles. The predicted octanol–water partition coefficient (Wildman–Crippen LogP) is 2.11. The molecule has 2 heterocycles. The van der Waals surface area contributed by atoms with Crippen molar-refractivity contribution in [3.05, 3.63) is 48.0 Å². The van der Waals surface area contributed by atoms with Crippen LogP contribution in [0.25, 0.3) is 0 Å². The summed E-state index contributed by atoms with van der Waals surface area (Å²) in [6, 6.07) is 8.96. The summed E-state index contributed by atoms with van der Waals surface area (Å²) < 4.78 is 43.1. The molecule has 2 N–H and O–H groups in total. The summed E-state index contributed by atoms with van der Waals surface area (Å²) in [7, 11) is -2.42. The van der Waals surface area contributed by atoms with Gasteiger partial charge < -0.3 is 24.8 Å². The minimum Gasteiger partial charge on any atom is -0.497 e. The molecule has 39 heavy (non-hydrogen) atoms. The van der Waals surface area contributed by atoms with E-state index in [-0.39, 0.29) is 37.1 Å². The molecule has 2 amide bonds. The first-order valence-corrected chi connectivity index (χ1v) is 14.2. The number of carbonyl (C=O) groups excluding carboxylic acids is 3. The molecule has 0 radical (unpaired) electrons. The molecule has 11 nitrogen and oxygen atoms in total. The van der Waals surface area contributed by atoms with Crippen molar-refractivity contribution in [3.63, 3.8) is 0 Å². The molecule has 2 aromatic rings. The first kappa shape index (κ1) is 28.4. The van der Waals surface area contributed by atoms with Crippen molar-refractivity contribution in [2.45, 2.75) is 50.1 Å². The number of benzene rings is 2. The topological polar surface area (TPSA) is 140 Å². The molecular formula is C27H33N3O8S. The summed E-state index contributed by atoms with van der Waals surface area (Å²) in [5.74, 6) is 0.214. The fourth-order valence-corrected chi connectivity index (χ4v) is 5.95. The van der Waals surface area contributed by atoms with Crippen molar-refractivity contribution < 1.29 is 37.0 Å². The Morgan fingerprint density at radius 1 is 1.10 bits per heavy atom. The minimum absolute atomic E-state index is 0.0572. The monoisotopic (exact) mass is 559 g/mol. The van der Waals surface area contributed by atoms with Crippen LogP contribution in [-0.4, -0.2) is 69.4 Å². The second kappa shape index (κ2) is 12.0. The van der Waals surface area contributed by atoms with E-state index in [1.165, 1.54) is 19.2 Å². The van der Waals surface area contributed by atoms with E-state index in [1.54, 1.807) is 30.3 Å². The van der Waals surface area contributed by atoms with Gasteiger partial charge in [0.2, 0.25) is 22.7 Å². The second-order valence-corrected chi connectivity index (χ2v) is 11.8. The molecule has 210 valence electrons. The molecule has 1 saturated heterocycles. The van der Waals surface area contributed by atoms with Gasteiger partial charge in [-0.2, -0.15) is 4.31 Å². The number of carbonyl (C=O) groups is 3. The van der Waals surface area contributed by atoms with Gasteiger partial charge in [0.25, 0.3) is 5.91 Å². The molecule has 4 rings (SSSR count). The standard InChI is InChI=1S/C27H33N3O8S/c1-17(2)13-22(29-26(32)18-6-11-24-25(14-18)38-16-37-24)27(33)28-21-5-4-12-30(15-23(21)31)39(34,35)20-9-7-19(36-3)8-10-20/h6-11,14,17,21-22H,4-5,12-13,15-16H2,1-3H3,(H,28,33)(H,29,32)/t21-,22?/m0/s1. The Bertz CT molecular complexity index is 1330. The van der Waals surface area contributed by atoms with E-state index in [9.17, 15) is 22.8 Å². The fourth-order valence-electron chi connectivity index (χ4n) is 4.50. The maximum absolute atomic E-state index is 13.3. The van der Waals surface area contributed by atoms with Crippen LogP contribution in [0.15, 0.2) is 47.4 Å². The number of amides is 2. The quantitative estimate of drug-likeness (QED) is 0.476. The molecule has 12 heteroatoms. The van der Waals surface area contributed by atoms with E-state index in [1.807, 2.05) is 13.8 Å². The number of methoxy groups -OCH3 is 1. The van der Waals surface area contributed by atoms with E-state index in [0.717, 1.165) is 4.31 Å². The van der Waals surface area contributed by atoms with Crippen molar-refractivity contribution in [1.29, 1.82) is 0 Å². The van der Waals surface area contributed by atoms with Crippen LogP contribution in [0.1, 0.15) is 43.5 Å². The number of hydrogen-bond donors (Lipinski definition) is 2. The van der Waals surface area contributed by atoms with Gasteiger partial charge in [0, 0.05) is 12.1 Å². The Balaban J connectivity index is 1.42. The smallest absolute Gasteiger partial charge is 0.252 e. The average Bonchev–Trinajstić information content (AvgIpc) is 3.31. The Morgan fingerprint density at radius 2 is 1.82 bits per heavy atom. The third kappa shape index (κ3) is 6.69. The molecule has 2 aromatic carbocycles. The van der Waals surface area contributed by atoms with Crippen molar-refractivity contribution in [3.8, 4) is 17.2 Å². The van der Waals surface area contributed by atoms with Gasteiger partial charge in [-0.05, 0) is 67.6 Å². The van der Waals surface area contributed by atoms with Gasteiger partial charge in [-0.1, -0.05) is 13.8 Å². The van der Waals surface area contributed by atoms with Crippen molar-refractivity contribution in [1.82, 2.24) is 14.9 Å². The molecule has 2 aliphatic heterocycles. The minimum atomic E-state index is -3.91. The van der Waals surface area contributed by atoms with Gasteiger partial charge in [-0.25, -0.2) is 8.42 Å². The second-order valence-electron chi connectivity index (χ2n) is 9.91. The van der Waals surface area contributed by atoms with Gasteiger partial charge in [0.15, 0.2) is 17.3 Å². The summed E-state index contributed by atoms with van der Waals surface area (Å²) in [6.45, 7) is 3.70. The Morgan fingerprint density at radius 3 is 2.51 bits per heavy atom. The van der Waals surface area contributed by atoms with Crippen molar-refractivity contribution in [2.75, 3.05) is 27.0 Å². The van der Waals surface area contributed by atoms with E-state index < -0.39 is 39.7 Å². The van der Waals surface area contributed by atoms with Gasteiger partial charge >= 0.3 is 0 Å². The molecule has 1 fully saturated rings. The van der Waals surface area contributed by atoms with Crippen LogP contribution in [0.3, 0.4) is 0 Å². The van der Waals surface area contributed by atoms with E-state index in [2.05, 4.69) is 10.6 Å². The number of rotatable bonds is 9. The molecule has 2 atom stereocenters. The zero-order chi connectivity index (χ0) is 28.2. The SMILES string of the molecule is COc1ccc(S(=O)(=O)N2CCC[C@H](NC(=O)C(CC(C)C)NC(=O)c3ccc4c(c3)OCO4)C(=O)C2)cc1. The highest BCUT2D eigenvalue weighted by Gasteiger charge is 2.34. The van der Waals surface area contributed by atoms with Crippen LogP contribution < -0.4 is 24.8 Å². The lowest BCUT2D eigenvalue weighted by Gasteiger charge is -2.23. The zero-order valence-electron chi connectivity index (χ0n) is 22.1. The normalized spacial score (nSPS) is 18.4. The van der Waals surface area contributed by atoms with Crippen LogP contribution in [0.2, 0.25) is 0 Å². The lowest BCUT2D eigenvalue weighted by molar-refractivity contribution is -0.129. The lowest BCUT2D eigenvalue weighted by atomic mass is 10.0. The molecular weight excluding hydrogens is 526 g/mol. The zero-order valence-corrected chi connectivity index (χ0v) is 23.0. The molecule has 0 aromatic heterocycles. The Labute approximate surface area is 227 Å². The Hall–Kier alpha value is -3.64. The van der Waals surface area contributed by atoms with Crippen molar-refractivity contribution in [2.24, 2.45) is 5.92 Å². The average molecular weight is 560 g/mol. The summed E-state index contributed by atoms with van der Waals surface area (Å²) in [5.41, 5.74) is 0.311. The van der Waals surface area contributed by atoms with Gasteiger partial charge in [0.1, 0.15) is 11.8 Å². The predicted molar refractivity (Wildman–Crippen MR) is 141 cm³/mol. The van der Waals surface area contributed by atoms with Crippen LogP contribution in [-0.2, 0) is 19.6 Å². The third-order valence-corrected chi connectivity index (χ3v) is 8.46. The van der Waals surface area contributed by atoms with Crippen LogP contribution >= 0.6 is 0 Å². The lowest BCUT2D eigenvalue weighted by Crippen LogP contribution is -2.52. The number of hydrogen-bond acceptors (Lipinski definition) is 8. The summed E-state index contributed by atoms with van der Waals surface area (Å²) >= 11 is 0. The summed E-state index contributed by atoms with van der Waals surface area (Å²) in [4.78, 5) is 39.3. The maximum Gasteiger partial charge on any atom is 0.252 e. The molecule has 0 spiro atoms. The number of ether oxygens (including phenoxy) is 3. The first-order chi connectivity index (χ1) is 18.6. The highest BCUT2D eigenvalue weighted by atomic mass is 32.2. The number of Topliss-reactive ketones (excluding diaryl/α,β-unsaturated/α-hetero) is 1. The van der Waals surface area contributed by atoms with Crippen LogP contribution in [0.5, 0.6) is 17.2 Å². The van der Waals surface area contributed by atoms with Gasteiger partial charge in [-0.15, -0.1) is 0 Å². The summed E-state index contributed by atoms with van der Waals surface area (Å²) in [5, 5.41) is 5.52. The van der Waals surface area contributed by atoms with Gasteiger partial charge in [-0.3, -0.25) is 14.4 Å². The number of nitrogens with zero attached hydrogens (tertiary/aromatic N) is 1.